The lowest BCUT2D eigenvalue weighted by atomic mass is 10.0. The first-order chi connectivity index (χ1) is 5.09. The van der Waals surface area contributed by atoms with Gasteiger partial charge in [0.1, 0.15) is 0 Å². The number of thiol groups is 1. The topological polar surface area (TPSA) is 86.7 Å². The van der Waals surface area contributed by atoms with E-state index in [-0.39, 0.29) is 6.61 Å². The van der Waals surface area contributed by atoms with Gasteiger partial charge in [0.25, 0.3) is 0 Å². The van der Waals surface area contributed by atoms with Crippen LogP contribution in [0.1, 0.15) is 0 Å². The summed E-state index contributed by atoms with van der Waals surface area (Å²) in [5, 5.41) is 26.8. The van der Waals surface area contributed by atoms with Crippen molar-refractivity contribution in [1.29, 1.82) is 0 Å². The van der Waals surface area contributed by atoms with Crippen molar-refractivity contribution in [3.63, 3.8) is 0 Å². The Balaban J connectivity index is 2.69. The van der Waals surface area contributed by atoms with Crippen molar-refractivity contribution in [3.8, 4) is 0 Å². The number of nitrogens with two attached hydrogens (primary N) is 1. The van der Waals surface area contributed by atoms with Gasteiger partial charge in [0.2, 0.25) is 0 Å². The smallest absolute Gasteiger partial charge is 0.0934 e. The minimum absolute atomic E-state index is 0.212. The molecule has 0 aliphatic heterocycles. The molecular weight excluding hydrogens is 166 g/mol. The maximum Gasteiger partial charge on any atom is 0.0934 e. The molecule has 1 saturated carbocycles. The largest absolute Gasteiger partial charge is 0.396 e. The summed E-state index contributed by atoms with van der Waals surface area (Å²) in [5.41, 5.74) is 5.56. The normalized spacial score (nSPS) is 51.5. The summed E-state index contributed by atoms with van der Waals surface area (Å²) in [7, 11) is 0. The lowest BCUT2D eigenvalue weighted by molar-refractivity contribution is 0.00706. The van der Waals surface area contributed by atoms with Gasteiger partial charge in [0.15, 0.2) is 0 Å². The van der Waals surface area contributed by atoms with Crippen LogP contribution in [-0.2, 0) is 0 Å². The van der Waals surface area contributed by atoms with E-state index in [0.29, 0.717) is 0 Å². The molecule has 0 unspecified atom stereocenters. The molecule has 0 aromatic heterocycles. The second kappa shape index (κ2) is 3.28. The van der Waals surface area contributed by atoms with E-state index >= 15 is 0 Å². The van der Waals surface area contributed by atoms with E-state index in [1.165, 1.54) is 0 Å². The van der Waals surface area contributed by atoms with Gasteiger partial charge in [-0.2, -0.15) is 12.6 Å². The first kappa shape index (κ1) is 9.28. The van der Waals surface area contributed by atoms with E-state index in [1.54, 1.807) is 0 Å². The first-order valence-electron chi connectivity index (χ1n) is 3.50. The molecule has 1 fully saturated rings. The molecule has 1 aliphatic carbocycles. The Labute approximate surface area is 70.4 Å². The molecule has 0 saturated heterocycles. The van der Waals surface area contributed by atoms with Crippen LogP contribution in [0.3, 0.4) is 0 Å². The zero-order valence-electron chi connectivity index (χ0n) is 5.96. The van der Waals surface area contributed by atoms with Crippen molar-refractivity contribution >= 4 is 12.6 Å². The molecule has 0 heterocycles. The van der Waals surface area contributed by atoms with Crippen LogP contribution >= 0.6 is 12.6 Å². The highest BCUT2D eigenvalue weighted by Crippen LogP contribution is 2.28. The highest BCUT2D eigenvalue weighted by atomic mass is 32.1. The van der Waals surface area contributed by atoms with E-state index in [4.69, 9.17) is 10.8 Å². The van der Waals surface area contributed by atoms with Gasteiger partial charge in [-0.15, -0.1) is 0 Å². The molecule has 4 nitrogen and oxygen atoms in total. The number of aliphatic hydroxyl groups is 3. The molecular formula is C6H13NO3S. The SMILES string of the molecule is N[C@@H]1[C@@H](S)[C@H](O)[C@@H](O)[C@@H]1CO. The second-order valence-electron chi connectivity index (χ2n) is 2.90. The molecule has 5 N–H and O–H groups in total. The summed E-state index contributed by atoms with van der Waals surface area (Å²) in [6, 6.07) is -0.437. The highest BCUT2D eigenvalue weighted by Gasteiger charge is 2.45. The Morgan fingerprint density at radius 1 is 1.27 bits per heavy atom. The molecule has 5 atom stereocenters. The molecule has 1 rings (SSSR count). The van der Waals surface area contributed by atoms with Gasteiger partial charge in [0.05, 0.1) is 12.2 Å². The van der Waals surface area contributed by atoms with Crippen molar-refractivity contribution in [2.24, 2.45) is 11.7 Å². The maximum absolute atomic E-state index is 9.26. The predicted octanol–water partition coefficient (Wildman–Crippen LogP) is -2.04. The van der Waals surface area contributed by atoms with Gasteiger partial charge >= 0.3 is 0 Å². The Morgan fingerprint density at radius 3 is 2.00 bits per heavy atom. The van der Waals surface area contributed by atoms with Gasteiger partial charge in [0, 0.05) is 23.8 Å². The Bertz CT molecular complexity index is 132. The quantitative estimate of drug-likeness (QED) is 0.300. The monoisotopic (exact) mass is 179 g/mol. The summed E-state index contributed by atoms with van der Waals surface area (Å²) in [5.74, 6) is -0.451. The van der Waals surface area contributed by atoms with E-state index < -0.39 is 29.4 Å². The molecule has 0 radical (unpaired) electrons. The fraction of sp³-hybridized carbons (Fsp3) is 1.00. The Kier molecular flexibility index (Phi) is 2.77. The predicted molar refractivity (Wildman–Crippen MR) is 43.3 cm³/mol. The lowest BCUT2D eigenvalue weighted by Gasteiger charge is -2.15. The molecule has 66 valence electrons. The lowest BCUT2D eigenvalue weighted by Crippen LogP contribution is -2.36. The second-order valence-corrected chi connectivity index (χ2v) is 3.49. The zero-order valence-corrected chi connectivity index (χ0v) is 6.85. The third-order valence-electron chi connectivity index (χ3n) is 2.24. The molecule has 5 heteroatoms. The van der Waals surface area contributed by atoms with Gasteiger partial charge in [-0.05, 0) is 0 Å². The highest BCUT2D eigenvalue weighted by molar-refractivity contribution is 7.81. The average molecular weight is 179 g/mol. The van der Waals surface area contributed by atoms with Crippen LogP contribution in [-0.4, -0.2) is 45.4 Å². The fourth-order valence-electron chi connectivity index (χ4n) is 1.39. The van der Waals surface area contributed by atoms with Crippen LogP contribution in [0.5, 0.6) is 0 Å². The van der Waals surface area contributed by atoms with Crippen molar-refractivity contribution in [2.45, 2.75) is 23.5 Å². The summed E-state index contributed by atoms with van der Waals surface area (Å²) in [6.45, 7) is -0.212. The van der Waals surface area contributed by atoms with E-state index in [1.807, 2.05) is 0 Å². The van der Waals surface area contributed by atoms with E-state index in [2.05, 4.69) is 12.6 Å². The third-order valence-corrected chi connectivity index (χ3v) is 2.89. The van der Waals surface area contributed by atoms with Gasteiger partial charge in [-0.25, -0.2) is 0 Å². The van der Waals surface area contributed by atoms with E-state index in [9.17, 15) is 10.2 Å². The van der Waals surface area contributed by atoms with Crippen LogP contribution in [0.15, 0.2) is 0 Å². The first-order valence-corrected chi connectivity index (χ1v) is 4.02. The number of aliphatic hydroxyl groups excluding tert-OH is 3. The van der Waals surface area contributed by atoms with Crippen LogP contribution in [0.2, 0.25) is 0 Å². The van der Waals surface area contributed by atoms with Crippen molar-refractivity contribution < 1.29 is 15.3 Å². The minimum Gasteiger partial charge on any atom is -0.396 e. The molecule has 0 bridgehead atoms. The van der Waals surface area contributed by atoms with Crippen molar-refractivity contribution in [2.75, 3.05) is 6.61 Å². The third kappa shape index (κ3) is 1.39. The molecule has 11 heavy (non-hydrogen) atoms. The molecule has 0 spiro atoms. The van der Waals surface area contributed by atoms with Gasteiger partial charge in [-0.1, -0.05) is 0 Å². The van der Waals surface area contributed by atoms with Crippen molar-refractivity contribution in [3.05, 3.63) is 0 Å². The van der Waals surface area contributed by atoms with Crippen molar-refractivity contribution in [1.82, 2.24) is 0 Å². The number of hydrogen-bond donors (Lipinski definition) is 5. The summed E-state index contributed by atoms with van der Waals surface area (Å²) in [6.07, 6.45) is -1.87. The summed E-state index contributed by atoms with van der Waals surface area (Å²) < 4.78 is 0. The molecule has 0 aromatic carbocycles. The van der Waals surface area contributed by atoms with Crippen LogP contribution in [0.4, 0.5) is 0 Å². The zero-order chi connectivity index (χ0) is 8.59. The Hall–Kier alpha value is 0.190. The molecule has 0 aromatic rings. The Morgan fingerprint density at radius 2 is 1.82 bits per heavy atom. The summed E-state index contributed by atoms with van der Waals surface area (Å²) in [4.78, 5) is 0. The fourth-order valence-corrected chi connectivity index (χ4v) is 1.79. The average Bonchev–Trinajstić information content (AvgIpc) is 2.17. The van der Waals surface area contributed by atoms with Crippen LogP contribution in [0.25, 0.3) is 0 Å². The summed E-state index contributed by atoms with van der Waals surface area (Å²) >= 11 is 4.01. The minimum atomic E-state index is -0.947. The molecule has 0 amide bonds. The van der Waals surface area contributed by atoms with Gasteiger partial charge in [-0.3, -0.25) is 0 Å². The molecule has 1 aliphatic rings. The van der Waals surface area contributed by atoms with Crippen LogP contribution in [0, 0.1) is 5.92 Å². The number of hydrogen-bond acceptors (Lipinski definition) is 5. The van der Waals surface area contributed by atoms with Gasteiger partial charge < -0.3 is 21.1 Å². The maximum atomic E-state index is 9.26. The standard InChI is InChI=1S/C6H13NO3S/c7-3-2(1-8)4(9)5(10)6(3)11/h2-6,8-11H,1,7H2/t2-,3+,4+,5-,6-/m1/s1. The van der Waals surface area contributed by atoms with Crippen LogP contribution < -0.4 is 5.73 Å². The number of rotatable bonds is 1. The van der Waals surface area contributed by atoms with E-state index in [0.717, 1.165) is 0 Å².